The molecule has 1 N–H and O–H groups in total. The maximum Gasteiger partial charge on any atom is 0.416 e. The van der Waals surface area contributed by atoms with E-state index < -0.39 is 17.6 Å². The van der Waals surface area contributed by atoms with Crippen LogP contribution in [0.1, 0.15) is 11.1 Å². The van der Waals surface area contributed by atoms with Crippen molar-refractivity contribution in [1.29, 1.82) is 0 Å². The summed E-state index contributed by atoms with van der Waals surface area (Å²) in [5.74, 6) is 0.539. The zero-order valence-electron chi connectivity index (χ0n) is 13.1. The van der Waals surface area contributed by atoms with Crippen molar-refractivity contribution in [3.05, 3.63) is 53.6 Å². The van der Waals surface area contributed by atoms with Crippen LogP contribution in [0.2, 0.25) is 0 Å². The highest BCUT2D eigenvalue weighted by Gasteiger charge is 2.30. The van der Waals surface area contributed by atoms with Gasteiger partial charge in [-0.1, -0.05) is 18.2 Å². The van der Waals surface area contributed by atoms with Gasteiger partial charge in [-0.05, 0) is 11.6 Å². The molecule has 128 valence electrons. The monoisotopic (exact) mass is 339 g/mol. The highest BCUT2D eigenvalue weighted by Crippen LogP contribution is 2.30. The minimum atomic E-state index is -4.44. The van der Waals surface area contributed by atoms with Gasteiger partial charge in [0.25, 0.3) is 0 Å². The van der Waals surface area contributed by atoms with Crippen molar-refractivity contribution in [3.63, 3.8) is 0 Å². The van der Waals surface area contributed by atoms with E-state index in [1.165, 1.54) is 26.4 Å². The van der Waals surface area contributed by atoms with E-state index in [0.29, 0.717) is 17.2 Å². The number of ether oxygens (including phenoxy) is 2. The van der Waals surface area contributed by atoms with Crippen LogP contribution < -0.4 is 14.8 Å². The number of hydrogen-bond donors (Lipinski definition) is 1. The van der Waals surface area contributed by atoms with Gasteiger partial charge in [0.2, 0.25) is 5.91 Å². The van der Waals surface area contributed by atoms with Crippen LogP contribution in [0.4, 0.5) is 18.9 Å². The summed E-state index contributed by atoms with van der Waals surface area (Å²) in [6.45, 7) is 0. The third-order valence-corrected chi connectivity index (χ3v) is 3.25. The number of hydrogen-bond acceptors (Lipinski definition) is 3. The van der Waals surface area contributed by atoms with Crippen molar-refractivity contribution in [2.45, 2.75) is 12.6 Å². The minimum absolute atomic E-state index is 0.177. The fourth-order valence-electron chi connectivity index (χ4n) is 2.13. The lowest BCUT2D eigenvalue weighted by molar-refractivity contribution is -0.137. The molecule has 2 rings (SSSR count). The molecule has 0 bridgehead atoms. The summed E-state index contributed by atoms with van der Waals surface area (Å²) < 4.78 is 48.3. The molecule has 0 aromatic heterocycles. The molecule has 1 amide bonds. The summed E-state index contributed by atoms with van der Waals surface area (Å²) >= 11 is 0. The Morgan fingerprint density at radius 2 is 1.67 bits per heavy atom. The lowest BCUT2D eigenvalue weighted by atomic mass is 10.1. The molecule has 2 aromatic carbocycles. The molecule has 0 aliphatic carbocycles. The lowest BCUT2D eigenvalue weighted by Gasteiger charge is -2.11. The Bertz CT molecular complexity index is 707. The van der Waals surface area contributed by atoms with Gasteiger partial charge >= 0.3 is 6.18 Å². The molecule has 0 fully saturated rings. The topological polar surface area (TPSA) is 47.6 Å². The number of carbonyl (C=O) groups excluding carboxylic acids is 1. The average molecular weight is 339 g/mol. The Kier molecular flexibility index (Phi) is 5.33. The highest BCUT2D eigenvalue weighted by atomic mass is 19.4. The third-order valence-electron chi connectivity index (χ3n) is 3.25. The van der Waals surface area contributed by atoms with Crippen LogP contribution in [-0.4, -0.2) is 20.1 Å². The van der Waals surface area contributed by atoms with Gasteiger partial charge in [0, 0.05) is 23.9 Å². The summed E-state index contributed by atoms with van der Waals surface area (Å²) in [7, 11) is 2.95. The van der Waals surface area contributed by atoms with E-state index in [0.717, 1.165) is 12.1 Å². The van der Waals surface area contributed by atoms with Crippen LogP contribution in [0.15, 0.2) is 42.5 Å². The standard InChI is InChI=1S/C17H16F3NO3/c1-23-14-8-13(9-15(10-14)24-2)21-16(22)7-11-4-3-5-12(6-11)17(18,19)20/h3-6,8-10H,7H2,1-2H3,(H,21,22). The van der Waals surface area contributed by atoms with Crippen molar-refractivity contribution in [2.24, 2.45) is 0 Å². The second-order valence-electron chi connectivity index (χ2n) is 5.02. The van der Waals surface area contributed by atoms with E-state index in [4.69, 9.17) is 9.47 Å². The van der Waals surface area contributed by atoms with Gasteiger partial charge in [-0.3, -0.25) is 4.79 Å². The van der Waals surface area contributed by atoms with Crippen LogP contribution in [0.25, 0.3) is 0 Å². The quantitative estimate of drug-likeness (QED) is 0.899. The molecule has 0 unspecified atom stereocenters. The van der Waals surface area contributed by atoms with Crippen molar-refractivity contribution in [1.82, 2.24) is 0 Å². The number of methoxy groups -OCH3 is 2. The zero-order valence-corrected chi connectivity index (χ0v) is 13.1. The summed E-state index contributed by atoms with van der Waals surface area (Å²) in [5.41, 5.74) is -0.0730. The molecule has 4 nitrogen and oxygen atoms in total. The molecule has 0 radical (unpaired) electrons. The first-order valence-electron chi connectivity index (χ1n) is 7.01. The number of rotatable bonds is 5. The van der Waals surface area contributed by atoms with Crippen molar-refractivity contribution in [2.75, 3.05) is 19.5 Å². The first-order chi connectivity index (χ1) is 11.3. The Balaban J connectivity index is 2.11. The van der Waals surface area contributed by atoms with Crippen LogP contribution in [0, 0.1) is 0 Å². The van der Waals surface area contributed by atoms with Crippen molar-refractivity contribution >= 4 is 11.6 Å². The zero-order chi connectivity index (χ0) is 17.7. The molecule has 0 spiro atoms. The van der Waals surface area contributed by atoms with Gasteiger partial charge in [0.15, 0.2) is 0 Å². The predicted octanol–water partition coefficient (Wildman–Crippen LogP) is 3.90. The van der Waals surface area contributed by atoms with E-state index in [1.807, 2.05) is 0 Å². The van der Waals surface area contributed by atoms with Crippen LogP contribution in [-0.2, 0) is 17.4 Å². The van der Waals surface area contributed by atoms with Crippen molar-refractivity contribution < 1.29 is 27.4 Å². The predicted molar refractivity (Wildman–Crippen MR) is 83.3 cm³/mol. The number of halogens is 3. The van der Waals surface area contributed by atoms with E-state index in [-0.39, 0.29) is 12.0 Å². The lowest BCUT2D eigenvalue weighted by Crippen LogP contribution is -2.15. The van der Waals surface area contributed by atoms with Gasteiger partial charge in [0.05, 0.1) is 26.2 Å². The fourth-order valence-corrected chi connectivity index (χ4v) is 2.13. The Hall–Kier alpha value is -2.70. The van der Waals surface area contributed by atoms with E-state index in [2.05, 4.69) is 5.32 Å². The molecule has 0 aliphatic heterocycles. The SMILES string of the molecule is COc1cc(NC(=O)Cc2cccc(C(F)(F)F)c2)cc(OC)c1. The fraction of sp³-hybridized carbons (Fsp3) is 0.235. The smallest absolute Gasteiger partial charge is 0.416 e. The average Bonchev–Trinajstić information content (AvgIpc) is 2.53. The summed E-state index contributed by atoms with van der Waals surface area (Å²) in [6, 6.07) is 9.50. The molecule has 0 saturated heterocycles. The van der Waals surface area contributed by atoms with Gasteiger partial charge in [-0.25, -0.2) is 0 Å². The van der Waals surface area contributed by atoms with Crippen molar-refractivity contribution in [3.8, 4) is 11.5 Å². The van der Waals surface area contributed by atoms with E-state index >= 15 is 0 Å². The number of anilines is 1. The normalized spacial score (nSPS) is 11.0. The molecular formula is C17H16F3NO3. The largest absolute Gasteiger partial charge is 0.497 e. The minimum Gasteiger partial charge on any atom is -0.497 e. The maximum atomic E-state index is 12.7. The van der Waals surface area contributed by atoms with E-state index in [1.54, 1.807) is 18.2 Å². The number of alkyl halides is 3. The number of benzene rings is 2. The van der Waals surface area contributed by atoms with Gasteiger partial charge in [-0.15, -0.1) is 0 Å². The number of carbonyl (C=O) groups is 1. The molecular weight excluding hydrogens is 323 g/mol. The summed E-state index contributed by atoms with van der Waals surface area (Å²) in [6.07, 6.45) is -4.61. The third kappa shape index (κ3) is 4.65. The molecule has 0 atom stereocenters. The van der Waals surface area contributed by atoms with Gasteiger partial charge in [-0.2, -0.15) is 13.2 Å². The molecule has 24 heavy (non-hydrogen) atoms. The second-order valence-corrected chi connectivity index (χ2v) is 5.02. The van der Waals surface area contributed by atoms with Gasteiger partial charge in [0.1, 0.15) is 11.5 Å². The van der Waals surface area contributed by atoms with E-state index in [9.17, 15) is 18.0 Å². The number of amides is 1. The summed E-state index contributed by atoms with van der Waals surface area (Å²) in [4.78, 5) is 12.1. The first-order valence-corrected chi connectivity index (χ1v) is 7.01. The van der Waals surface area contributed by atoms with Gasteiger partial charge < -0.3 is 14.8 Å². The highest BCUT2D eigenvalue weighted by molar-refractivity contribution is 5.92. The Labute approximate surface area is 137 Å². The molecule has 0 heterocycles. The Morgan fingerprint density at radius 3 is 2.21 bits per heavy atom. The Morgan fingerprint density at radius 1 is 1.04 bits per heavy atom. The van der Waals surface area contributed by atoms with Crippen LogP contribution >= 0.6 is 0 Å². The maximum absolute atomic E-state index is 12.7. The first kappa shape index (κ1) is 17.7. The molecule has 2 aromatic rings. The van der Waals surface area contributed by atoms with Crippen LogP contribution in [0.3, 0.4) is 0 Å². The molecule has 0 aliphatic rings. The van der Waals surface area contributed by atoms with Crippen LogP contribution in [0.5, 0.6) is 11.5 Å². The number of nitrogens with one attached hydrogen (secondary N) is 1. The second kappa shape index (κ2) is 7.25. The summed E-state index contributed by atoms with van der Waals surface area (Å²) in [5, 5.41) is 2.62. The molecule has 0 saturated carbocycles. The molecule has 7 heteroatoms.